The number of morpholine rings is 1. The lowest BCUT2D eigenvalue weighted by atomic mass is 10.1. The summed E-state index contributed by atoms with van der Waals surface area (Å²) in [4.78, 5) is 9.73. The third-order valence-corrected chi connectivity index (χ3v) is 10.5. The zero-order valence-corrected chi connectivity index (χ0v) is 25.7. The first kappa shape index (κ1) is 30.1. The number of likely N-dealkylation sites (N-methyl/N-ethyl adjacent to an activating group) is 1. The molecular weight excluding hydrogens is 533 g/mol. The molecule has 9 heteroatoms. The fourth-order valence-electron chi connectivity index (χ4n) is 4.73. The van der Waals surface area contributed by atoms with Gasteiger partial charge in [-0.1, -0.05) is 23.9 Å². The minimum Gasteiger partial charge on any atom is -0.385 e. The number of thioether (sulfide) groups is 1. The van der Waals surface area contributed by atoms with Gasteiger partial charge in [0.25, 0.3) is 0 Å². The maximum Gasteiger partial charge on any atom is 0.119 e. The van der Waals surface area contributed by atoms with Crippen LogP contribution in [0.2, 0.25) is 0 Å². The summed E-state index contributed by atoms with van der Waals surface area (Å²) in [7, 11) is 6.01. The topological polar surface area (TPSA) is 31.4 Å². The lowest BCUT2D eigenvalue weighted by Gasteiger charge is -2.35. The molecule has 2 aromatic carbocycles. The first-order valence-corrected chi connectivity index (χ1v) is 15.7. The van der Waals surface area contributed by atoms with Gasteiger partial charge < -0.3 is 19.3 Å². The summed E-state index contributed by atoms with van der Waals surface area (Å²) in [6.45, 7) is 10.1. The highest BCUT2D eigenvalue weighted by molar-refractivity contribution is 8.11. The Hall–Kier alpha value is -0.910. The van der Waals surface area contributed by atoms with Crippen molar-refractivity contribution < 1.29 is 9.47 Å². The molecule has 2 saturated heterocycles. The summed E-state index contributed by atoms with van der Waals surface area (Å²) in [6, 6.07) is 18.0. The smallest absolute Gasteiger partial charge is 0.119 e. The highest BCUT2D eigenvalue weighted by Gasteiger charge is 2.30. The number of piperazine rings is 1. The van der Waals surface area contributed by atoms with Crippen molar-refractivity contribution in [2.75, 3.05) is 91.7 Å². The van der Waals surface area contributed by atoms with Crippen molar-refractivity contribution in [1.29, 1.82) is 0 Å². The lowest BCUT2D eigenvalue weighted by molar-refractivity contribution is 0.122. The number of rotatable bonds is 13. The number of anilines is 1. The number of hydrogen-bond acceptors (Lipinski definition) is 9. The monoisotopic (exact) mass is 576 g/mol. The molecule has 4 rings (SSSR count). The summed E-state index contributed by atoms with van der Waals surface area (Å²) in [5, 5.41) is 0. The number of ether oxygens (including phenoxy) is 2. The standard InChI is InChI=1S/C29H44N4O2S3/c1-30(2)29(36,37-27-12-8-26(9-13-27)32-19-22-35-23-20-32)24-25-6-10-28(11-7-25)38-33-17-15-31(16-18-33)14-4-5-21-34-3/h6-13,36H,4-5,14-24H2,1-3H3. The van der Waals surface area contributed by atoms with Gasteiger partial charge in [0.2, 0.25) is 0 Å². The molecule has 0 amide bonds. The molecule has 38 heavy (non-hydrogen) atoms. The maximum absolute atomic E-state index is 5.49. The van der Waals surface area contributed by atoms with Gasteiger partial charge in [-0.2, -0.15) is 0 Å². The molecule has 210 valence electrons. The van der Waals surface area contributed by atoms with Crippen LogP contribution in [0.5, 0.6) is 0 Å². The molecule has 0 aliphatic carbocycles. The summed E-state index contributed by atoms with van der Waals surface area (Å²) >= 11 is 8.88. The predicted octanol–water partition coefficient (Wildman–Crippen LogP) is 5.05. The highest BCUT2D eigenvalue weighted by Crippen LogP contribution is 2.41. The normalized spacial score (nSPS) is 19.1. The van der Waals surface area contributed by atoms with Crippen molar-refractivity contribution >= 4 is 42.0 Å². The average molecular weight is 577 g/mol. The Balaban J connectivity index is 1.27. The van der Waals surface area contributed by atoms with Crippen LogP contribution in [0, 0.1) is 0 Å². The van der Waals surface area contributed by atoms with Crippen LogP contribution in [0.1, 0.15) is 18.4 Å². The van der Waals surface area contributed by atoms with Crippen LogP contribution in [-0.2, 0) is 15.9 Å². The van der Waals surface area contributed by atoms with Crippen LogP contribution in [0.4, 0.5) is 5.69 Å². The van der Waals surface area contributed by atoms with E-state index in [1.165, 1.54) is 34.0 Å². The van der Waals surface area contributed by atoms with Crippen molar-refractivity contribution in [2.45, 2.75) is 33.3 Å². The number of hydrogen-bond donors (Lipinski definition) is 1. The second kappa shape index (κ2) is 15.2. The zero-order valence-electron chi connectivity index (χ0n) is 23.2. The Kier molecular flexibility index (Phi) is 12.0. The molecule has 0 N–H and O–H groups in total. The third kappa shape index (κ3) is 9.06. The minimum absolute atomic E-state index is 0.339. The lowest BCUT2D eigenvalue weighted by Crippen LogP contribution is -2.43. The minimum atomic E-state index is -0.339. The summed E-state index contributed by atoms with van der Waals surface area (Å²) in [5.41, 5.74) is 2.57. The molecule has 2 aliphatic rings. The molecule has 0 radical (unpaired) electrons. The van der Waals surface area contributed by atoms with Crippen LogP contribution >= 0.6 is 36.3 Å². The number of nitrogens with zero attached hydrogens (tertiary/aromatic N) is 4. The van der Waals surface area contributed by atoms with Crippen LogP contribution in [0.15, 0.2) is 58.3 Å². The fourth-order valence-corrected chi connectivity index (χ4v) is 7.20. The number of benzene rings is 2. The van der Waals surface area contributed by atoms with E-state index in [1.807, 2.05) is 23.7 Å². The molecule has 0 aromatic heterocycles. The molecule has 1 unspecified atom stereocenters. The Bertz CT molecular complexity index is 949. The van der Waals surface area contributed by atoms with E-state index in [0.29, 0.717) is 0 Å². The number of thiol groups is 1. The van der Waals surface area contributed by atoms with Crippen molar-refractivity contribution in [3.63, 3.8) is 0 Å². The van der Waals surface area contributed by atoms with Crippen LogP contribution < -0.4 is 4.90 Å². The van der Waals surface area contributed by atoms with Gasteiger partial charge in [-0.25, -0.2) is 4.31 Å². The van der Waals surface area contributed by atoms with E-state index < -0.39 is 0 Å². The van der Waals surface area contributed by atoms with E-state index in [9.17, 15) is 0 Å². The molecule has 2 aromatic rings. The quantitative estimate of drug-likeness (QED) is 0.117. The van der Waals surface area contributed by atoms with E-state index in [-0.39, 0.29) is 4.20 Å². The van der Waals surface area contributed by atoms with Gasteiger partial charge >= 0.3 is 0 Å². The maximum atomic E-state index is 5.49. The third-order valence-electron chi connectivity index (χ3n) is 7.19. The van der Waals surface area contributed by atoms with Gasteiger partial charge in [0, 0.05) is 74.9 Å². The van der Waals surface area contributed by atoms with Crippen molar-refractivity contribution in [3.05, 3.63) is 54.1 Å². The van der Waals surface area contributed by atoms with Gasteiger partial charge in [0.15, 0.2) is 0 Å². The van der Waals surface area contributed by atoms with Crippen molar-refractivity contribution in [1.82, 2.24) is 14.1 Å². The second-order valence-corrected chi connectivity index (χ2v) is 13.8. The van der Waals surface area contributed by atoms with Crippen molar-refractivity contribution in [2.24, 2.45) is 0 Å². The van der Waals surface area contributed by atoms with E-state index >= 15 is 0 Å². The molecule has 0 saturated carbocycles. The molecule has 0 bridgehead atoms. The Morgan fingerprint density at radius 1 is 0.895 bits per heavy atom. The summed E-state index contributed by atoms with van der Waals surface area (Å²) in [6.07, 6.45) is 3.23. The van der Waals surface area contributed by atoms with E-state index in [2.05, 4.69) is 81.6 Å². The highest BCUT2D eigenvalue weighted by atomic mass is 32.2. The Morgan fingerprint density at radius 3 is 2.18 bits per heavy atom. The van der Waals surface area contributed by atoms with Crippen LogP contribution in [0.25, 0.3) is 0 Å². The SMILES string of the molecule is COCCCCN1CCN(Sc2ccc(CC(S)(Sc3ccc(N4CCOCC4)cc3)N(C)C)cc2)CC1. The van der Waals surface area contributed by atoms with Gasteiger partial charge in [0.1, 0.15) is 4.20 Å². The number of methoxy groups -OCH3 is 1. The average Bonchev–Trinajstić information content (AvgIpc) is 2.94. The van der Waals surface area contributed by atoms with Gasteiger partial charge in [0.05, 0.1) is 13.2 Å². The molecule has 2 heterocycles. The van der Waals surface area contributed by atoms with Crippen LogP contribution in [0.3, 0.4) is 0 Å². The molecule has 1 atom stereocenters. The molecular formula is C29H44N4O2S3. The van der Waals surface area contributed by atoms with E-state index in [0.717, 1.165) is 71.9 Å². The van der Waals surface area contributed by atoms with Gasteiger partial charge in [-0.15, -0.1) is 12.6 Å². The zero-order chi connectivity index (χ0) is 26.8. The number of unbranched alkanes of at least 4 members (excludes halogenated alkanes) is 1. The van der Waals surface area contributed by atoms with E-state index in [1.54, 1.807) is 7.11 Å². The Labute approximate surface area is 243 Å². The first-order chi connectivity index (χ1) is 18.4. The second-order valence-electron chi connectivity index (χ2n) is 10.2. The largest absolute Gasteiger partial charge is 0.385 e. The summed E-state index contributed by atoms with van der Waals surface area (Å²) in [5.74, 6) is 0. The molecule has 6 nitrogen and oxygen atoms in total. The summed E-state index contributed by atoms with van der Waals surface area (Å²) < 4.78 is 12.8. The molecule has 0 spiro atoms. The van der Waals surface area contributed by atoms with Crippen molar-refractivity contribution in [3.8, 4) is 0 Å². The fraction of sp³-hybridized carbons (Fsp3) is 0.586. The Morgan fingerprint density at radius 2 is 1.55 bits per heavy atom. The van der Waals surface area contributed by atoms with Gasteiger partial charge in [-0.3, -0.25) is 4.90 Å². The predicted molar refractivity (Wildman–Crippen MR) is 166 cm³/mol. The van der Waals surface area contributed by atoms with Crippen LogP contribution in [-0.4, -0.2) is 105 Å². The van der Waals surface area contributed by atoms with Gasteiger partial charge in [-0.05, 0) is 87.4 Å². The first-order valence-electron chi connectivity index (χ1n) is 13.7. The molecule has 2 fully saturated rings. The molecule has 2 aliphatic heterocycles. The van der Waals surface area contributed by atoms with E-state index in [4.69, 9.17) is 22.1 Å².